The third-order valence-corrected chi connectivity index (χ3v) is 3.18. The topological polar surface area (TPSA) is 65.5 Å². The summed E-state index contributed by atoms with van der Waals surface area (Å²) in [7, 11) is 0. The summed E-state index contributed by atoms with van der Waals surface area (Å²) in [6.45, 7) is 5.14. The molecule has 0 bridgehead atoms. The molecule has 0 atom stereocenters. The van der Waals surface area contributed by atoms with Crippen molar-refractivity contribution in [3.8, 4) is 0 Å². The van der Waals surface area contributed by atoms with E-state index < -0.39 is 5.97 Å². The fraction of sp³-hybridized carbons (Fsp3) is 0.538. The number of nitrogens with zero attached hydrogens (tertiary/aromatic N) is 2. The number of aromatic carboxylic acids is 1. The zero-order valence-corrected chi connectivity index (χ0v) is 10.4. The van der Waals surface area contributed by atoms with Crippen LogP contribution in [0.25, 0.3) is 0 Å². The fourth-order valence-corrected chi connectivity index (χ4v) is 2.12. The lowest BCUT2D eigenvalue weighted by Crippen LogP contribution is -2.29. The number of carboxylic acids is 1. The Morgan fingerprint density at radius 3 is 2.78 bits per heavy atom. The van der Waals surface area contributed by atoms with Crippen molar-refractivity contribution >= 4 is 5.97 Å². The molecule has 2 heterocycles. The molecule has 0 spiro atoms. The minimum atomic E-state index is -0.934. The van der Waals surface area contributed by atoms with Gasteiger partial charge in [0.1, 0.15) is 0 Å². The van der Waals surface area contributed by atoms with E-state index in [0.717, 1.165) is 18.8 Å². The number of likely N-dealkylation sites (tertiary alicyclic amines) is 1. The Labute approximate surface area is 107 Å². The summed E-state index contributed by atoms with van der Waals surface area (Å²) in [4.78, 5) is 17.2. The number of nitrogens with one attached hydrogen (secondary N) is 1. The highest BCUT2D eigenvalue weighted by Gasteiger charge is 2.10. The summed E-state index contributed by atoms with van der Waals surface area (Å²) in [6.07, 6.45) is 4.04. The van der Waals surface area contributed by atoms with E-state index in [1.54, 1.807) is 12.1 Å². The Balaban J connectivity index is 1.68. The highest BCUT2D eigenvalue weighted by atomic mass is 16.4. The lowest BCUT2D eigenvalue weighted by atomic mass is 10.2. The SMILES string of the molecule is O=C(O)c1ccc(CNCCN2CCCC2)nc1. The summed E-state index contributed by atoms with van der Waals surface area (Å²) >= 11 is 0. The highest BCUT2D eigenvalue weighted by molar-refractivity contribution is 5.87. The van der Waals surface area contributed by atoms with Crippen LogP contribution in [0.2, 0.25) is 0 Å². The van der Waals surface area contributed by atoms with Crippen molar-refractivity contribution in [3.05, 3.63) is 29.6 Å². The largest absolute Gasteiger partial charge is 0.478 e. The van der Waals surface area contributed by atoms with E-state index in [1.807, 2.05) is 0 Å². The second-order valence-corrected chi connectivity index (χ2v) is 4.57. The Kier molecular flexibility index (Phi) is 4.66. The summed E-state index contributed by atoms with van der Waals surface area (Å²) in [5.74, 6) is -0.934. The van der Waals surface area contributed by atoms with Gasteiger partial charge in [-0.3, -0.25) is 4.98 Å². The Morgan fingerprint density at radius 1 is 1.39 bits per heavy atom. The van der Waals surface area contributed by atoms with Crippen molar-refractivity contribution in [3.63, 3.8) is 0 Å². The number of hydrogen-bond acceptors (Lipinski definition) is 4. The van der Waals surface area contributed by atoms with Gasteiger partial charge in [0.15, 0.2) is 0 Å². The molecule has 98 valence electrons. The van der Waals surface area contributed by atoms with Gasteiger partial charge in [-0.05, 0) is 38.1 Å². The number of carboxylic acid groups (broad SMARTS) is 1. The quantitative estimate of drug-likeness (QED) is 0.735. The molecule has 1 aliphatic rings. The van der Waals surface area contributed by atoms with Crippen molar-refractivity contribution in [1.82, 2.24) is 15.2 Å². The number of pyridine rings is 1. The molecule has 1 aromatic rings. The van der Waals surface area contributed by atoms with Crippen molar-refractivity contribution in [1.29, 1.82) is 0 Å². The molecule has 2 N–H and O–H groups in total. The first-order chi connectivity index (χ1) is 8.75. The molecule has 0 unspecified atom stereocenters. The molecule has 5 nitrogen and oxygen atoms in total. The van der Waals surface area contributed by atoms with Crippen LogP contribution in [0, 0.1) is 0 Å². The van der Waals surface area contributed by atoms with E-state index in [1.165, 1.54) is 32.1 Å². The standard InChI is InChI=1S/C13H19N3O2/c17-13(18)11-3-4-12(15-9-11)10-14-5-8-16-6-1-2-7-16/h3-4,9,14H,1-2,5-8,10H2,(H,17,18). The number of rotatable bonds is 6. The lowest BCUT2D eigenvalue weighted by Gasteiger charge is -2.14. The Morgan fingerprint density at radius 2 is 2.17 bits per heavy atom. The van der Waals surface area contributed by atoms with Crippen LogP contribution in [0.3, 0.4) is 0 Å². The molecule has 2 rings (SSSR count). The Bertz CT molecular complexity index is 386. The zero-order chi connectivity index (χ0) is 12.8. The molecular weight excluding hydrogens is 230 g/mol. The first kappa shape index (κ1) is 13.0. The smallest absolute Gasteiger partial charge is 0.337 e. The van der Waals surface area contributed by atoms with Crippen molar-refractivity contribution in [2.24, 2.45) is 0 Å². The molecule has 18 heavy (non-hydrogen) atoms. The van der Waals surface area contributed by atoms with Gasteiger partial charge in [-0.15, -0.1) is 0 Å². The van der Waals surface area contributed by atoms with Gasteiger partial charge in [-0.25, -0.2) is 4.79 Å². The maximum atomic E-state index is 10.7. The second-order valence-electron chi connectivity index (χ2n) is 4.57. The van der Waals surface area contributed by atoms with E-state index in [9.17, 15) is 4.79 Å². The van der Waals surface area contributed by atoms with Crippen LogP contribution in [0.4, 0.5) is 0 Å². The van der Waals surface area contributed by atoms with Crippen LogP contribution in [0.1, 0.15) is 28.9 Å². The molecule has 1 aromatic heterocycles. The van der Waals surface area contributed by atoms with Crippen molar-refractivity contribution in [2.45, 2.75) is 19.4 Å². The fourth-order valence-electron chi connectivity index (χ4n) is 2.12. The minimum Gasteiger partial charge on any atom is -0.478 e. The average molecular weight is 249 g/mol. The summed E-state index contributed by atoms with van der Waals surface area (Å²) < 4.78 is 0. The van der Waals surface area contributed by atoms with E-state index >= 15 is 0 Å². The third kappa shape index (κ3) is 3.78. The predicted octanol–water partition coefficient (Wildman–Crippen LogP) is 0.965. The molecule has 0 amide bonds. The van der Waals surface area contributed by atoms with Crippen LogP contribution in [0.15, 0.2) is 18.3 Å². The monoisotopic (exact) mass is 249 g/mol. The van der Waals surface area contributed by atoms with Gasteiger partial charge < -0.3 is 15.3 Å². The van der Waals surface area contributed by atoms with Gasteiger partial charge in [0.2, 0.25) is 0 Å². The molecule has 0 aromatic carbocycles. The molecular formula is C13H19N3O2. The van der Waals surface area contributed by atoms with Crippen LogP contribution in [-0.4, -0.2) is 47.1 Å². The maximum absolute atomic E-state index is 10.7. The Hall–Kier alpha value is -1.46. The summed E-state index contributed by atoms with van der Waals surface area (Å²) in [5.41, 5.74) is 1.11. The number of hydrogen-bond donors (Lipinski definition) is 2. The predicted molar refractivity (Wildman–Crippen MR) is 68.6 cm³/mol. The van der Waals surface area contributed by atoms with E-state index in [2.05, 4.69) is 15.2 Å². The molecule has 0 aliphatic carbocycles. The highest BCUT2D eigenvalue weighted by Crippen LogP contribution is 2.05. The van der Waals surface area contributed by atoms with Gasteiger partial charge in [0.25, 0.3) is 0 Å². The summed E-state index contributed by atoms with van der Waals surface area (Å²) in [5, 5.41) is 12.1. The van der Waals surface area contributed by atoms with Crippen LogP contribution in [0.5, 0.6) is 0 Å². The molecule has 1 aliphatic heterocycles. The minimum absolute atomic E-state index is 0.232. The molecule has 0 radical (unpaired) electrons. The second kappa shape index (κ2) is 6.47. The van der Waals surface area contributed by atoms with Crippen molar-refractivity contribution < 1.29 is 9.90 Å². The first-order valence-corrected chi connectivity index (χ1v) is 6.37. The zero-order valence-electron chi connectivity index (χ0n) is 10.4. The van der Waals surface area contributed by atoms with E-state index in [4.69, 9.17) is 5.11 Å². The van der Waals surface area contributed by atoms with E-state index in [0.29, 0.717) is 6.54 Å². The maximum Gasteiger partial charge on any atom is 0.337 e. The average Bonchev–Trinajstić information content (AvgIpc) is 2.88. The molecule has 5 heteroatoms. The van der Waals surface area contributed by atoms with Gasteiger partial charge >= 0.3 is 5.97 Å². The number of aromatic nitrogens is 1. The van der Waals surface area contributed by atoms with Crippen LogP contribution < -0.4 is 5.32 Å². The molecule has 1 saturated heterocycles. The van der Waals surface area contributed by atoms with Gasteiger partial charge in [-0.1, -0.05) is 0 Å². The van der Waals surface area contributed by atoms with Gasteiger partial charge in [0.05, 0.1) is 11.3 Å². The lowest BCUT2D eigenvalue weighted by molar-refractivity contribution is 0.0696. The first-order valence-electron chi connectivity index (χ1n) is 6.37. The summed E-state index contributed by atoms with van der Waals surface area (Å²) in [6, 6.07) is 3.35. The third-order valence-electron chi connectivity index (χ3n) is 3.18. The normalized spacial score (nSPS) is 16.0. The van der Waals surface area contributed by atoms with Gasteiger partial charge in [-0.2, -0.15) is 0 Å². The van der Waals surface area contributed by atoms with Crippen molar-refractivity contribution in [2.75, 3.05) is 26.2 Å². The molecule has 1 fully saturated rings. The van der Waals surface area contributed by atoms with Crippen LogP contribution in [-0.2, 0) is 6.54 Å². The molecule has 0 saturated carbocycles. The van der Waals surface area contributed by atoms with Gasteiger partial charge in [0, 0.05) is 25.8 Å². The van der Waals surface area contributed by atoms with E-state index in [-0.39, 0.29) is 5.56 Å². The van der Waals surface area contributed by atoms with Crippen LogP contribution >= 0.6 is 0 Å². The number of carbonyl (C=O) groups is 1.